The maximum atomic E-state index is 12.9. The van der Waals surface area contributed by atoms with Gasteiger partial charge in [0.15, 0.2) is 0 Å². The van der Waals surface area contributed by atoms with Crippen molar-refractivity contribution in [3.8, 4) is 11.5 Å². The molecule has 0 radical (unpaired) electrons. The zero-order chi connectivity index (χ0) is 19.1. The van der Waals surface area contributed by atoms with E-state index in [2.05, 4.69) is 15.2 Å². The number of aromatic nitrogens is 4. The molecule has 0 spiro atoms. The molecule has 0 bridgehead atoms. The van der Waals surface area contributed by atoms with E-state index in [0.29, 0.717) is 28.5 Å². The standard InChI is InChI=1S/C18H15N5O3S2/c24-14(8-22-10-19-17-12(18(22)25)4-7-28-17)23-5-1-2-13(23)16-21-20-15(26-16)11-3-6-27-9-11/h3-4,6-7,9-10,13H,1-2,5,8H2/t13-/m1/s1. The minimum atomic E-state index is -0.263. The van der Waals surface area contributed by atoms with Crippen LogP contribution in [0.3, 0.4) is 0 Å². The van der Waals surface area contributed by atoms with Crippen molar-refractivity contribution in [1.29, 1.82) is 0 Å². The number of carbonyl (C=O) groups excluding carboxylic acids is 1. The third-order valence-electron chi connectivity index (χ3n) is 4.82. The molecule has 142 valence electrons. The van der Waals surface area contributed by atoms with Crippen LogP contribution in [0, 0.1) is 0 Å². The van der Waals surface area contributed by atoms with Gasteiger partial charge < -0.3 is 9.32 Å². The van der Waals surface area contributed by atoms with Crippen LogP contribution in [-0.4, -0.2) is 37.1 Å². The molecule has 1 fully saturated rings. The van der Waals surface area contributed by atoms with E-state index in [1.165, 1.54) is 22.2 Å². The molecule has 5 heterocycles. The average Bonchev–Trinajstić information content (AvgIpc) is 3.48. The molecule has 1 aliphatic heterocycles. The Balaban J connectivity index is 1.38. The van der Waals surface area contributed by atoms with E-state index in [1.54, 1.807) is 22.3 Å². The number of hydrogen-bond donors (Lipinski definition) is 0. The highest BCUT2D eigenvalue weighted by atomic mass is 32.1. The van der Waals surface area contributed by atoms with E-state index in [-0.39, 0.29) is 24.1 Å². The van der Waals surface area contributed by atoms with Crippen molar-refractivity contribution in [1.82, 2.24) is 24.6 Å². The van der Waals surface area contributed by atoms with Gasteiger partial charge in [-0.05, 0) is 35.7 Å². The molecule has 0 aliphatic carbocycles. The molecule has 1 amide bonds. The molecule has 28 heavy (non-hydrogen) atoms. The highest BCUT2D eigenvalue weighted by molar-refractivity contribution is 7.16. The Labute approximate surface area is 167 Å². The molecular weight excluding hydrogens is 398 g/mol. The van der Waals surface area contributed by atoms with Crippen LogP contribution >= 0.6 is 22.7 Å². The Hall–Kier alpha value is -2.85. The van der Waals surface area contributed by atoms with Gasteiger partial charge in [0.1, 0.15) is 17.4 Å². The Morgan fingerprint density at radius 2 is 2.21 bits per heavy atom. The normalized spacial score (nSPS) is 16.9. The number of rotatable bonds is 4. The number of fused-ring (bicyclic) bond motifs is 1. The summed E-state index contributed by atoms with van der Waals surface area (Å²) in [6.07, 6.45) is 3.04. The van der Waals surface area contributed by atoms with Crippen LogP contribution in [0.5, 0.6) is 0 Å². The summed E-state index contributed by atoms with van der Waals surface area (Å²) in [6.45, 7) is 0.544. The second-order valence-electron chi connectivity index (χ2n) is 6.52. The molecular formula is C18H15N5O3S2. The lowest BCUT2D eigenvalue weighted by Gasteiger charge is -2.22. The summed E-state index contributed by atoms with van der Waals surface area (Å²) in [6, 6.07) is 3.39. The summed E-state index contributed by atoms with van der Waals surface area (Å²) in [5, 5.41) is 14.5. The number of thiophene rings is 2. The van der Waals surface area contributed by atoms with Gasteiger partial charge in [0, 0.05) is 17.5 Å². The third kappa shape index (κ3) is 2.94. The highest BCUT2D eigenvalue weighted by Crippen LogP contribution is 2.33. The van der Waals surface area contributed by atoms with E-state index in [9.17, 15) is 9.59 Å². The summed E-state index contributed by atoms with van der Waals surface area (Å²) < 4.78 is 7.18. The van der Waals surface area contributed by atoms with E-state index in [4.69, 9.17) is 4.42 Å². The first-order valence-corrected chi connectivity index (χ1v) is 10.6. The molecule has 10 heteroatoms. The fourth-order valence-corrected chi connectivity index (χ4v) is 4.79. The minimum Gasteiger partial charge on any atom is -0.418 e. The fraction of sp³-hybridized carbons (Fsp3) is 0.278. The van der Waals surface area contributed by atoms with Gasteiger partial charge in [-0.1, -0.05) is 0 Å². The first-order chi connectivity index (χ1) is 13.7. The molecule has 5 rings (SSSR count). The molecule has 8 nitrogen and oxygen atoms in total. The average molecular weight is 413 g/mol. The largest absolute Gasteiger partial charge is 0.418 e. The van der Waals surface area contributed by atoms with Gasteiger partial charge in [-0.25, -0.2) is 4.98 Å². The molecule has 0 aromatic carbocycles. The van der Waals surface area contributed by atoms with Crippen LogP contribution in [0.4, 0.5) is 0 Å². The van der Waals surface area contributed by atoms with Crippen LogP contribution in [0.15, 0.2) is 43.8 Å². The summed E-state index contributed by atoms with van der Waals surface area (Å²) in [5.74, 6) is 0.737. The van der Waals surface area contributed by atoms with Crippen molar-refractivity contribution in [3.05, 3.63) is 50.8 Å². The number of carbonyl (C=O) groups is 1. The Morgan fingerprint density at radius 1 is 1.29 bits per heavy atom. The van der Waals surface area contributed by atoms with Gasteiger partial charge in [0.25, 0.3) is 5.56 Å². The summed E-state index contributed by atoms with van der Waals surface area (Å²) >= 11 is 2.96. The van der Waals surface area contributed by atoms with Gasteiger partial charge in [-0.15, -0.1) is 21.5 Å². The lowest BCUT2D eigenvalue weighted by atomic mass is 10.2. The van der Waals surface area contributed by atoms with Crippen molar-refractivity contribution in [2.45, 2.75) is 25.4 Å². The zero-order valence-corrected chi connectivity index (χ0v) is 16.3. The number of hydrogen-bond acceptors (Lipinski definition) is 8. The quantitative estimate of drug-likeness (QED) is 0.511. The molecule has 0 saturated carbocycles. The lowest BCUT2D eigenvalue weighted by Crippen LogP contribution is -2.36. The zero-order valence-electron chi connectivity index (χ0n) is 14.6. The second kappa shape index (κ2) is 6.95. The molecule has 0 N–H and O–H groups in total. The van der Waals surface area contributed by atoms with Crippen molar-refractivity contribution in [3.63, 3.8) is 0 Å². The van der Waals surface area contributed by atoms with Gasteiger partial charge in [0.05, 0.1) is 11.7 Å². The van der Waals surface area contributed by atoms with Crippen LogP contribution < -0.4 is 5.56 Å². The molecule has 1 saturated heterocycles. The number of amides is 1. The number of nitrogens with zero attached hydrogens (tertiary/aromatic N) is 5. The molecule has 0 unspecified atom stereocenters. The maximum absolute atomic E-state index is 12.9. The van der Waals surface area contributed by atoms with Crippen molar-refractivity contribution in [2.75, 3.05) is 6.54 Å². The first-order valence-electron chi connectivity index (χ1n) is 8.79. The third-order valence-corrected chi connectivity index (χ3v) is 6.33. The van der Waals surface area contributed by atoms with Crippen LogP contribution in [0.1, 0.15) is 24.8 Å². The van der Waals surface area contributed by atoms with E-state index >= 15 is 0 Å². The minimum absolute atomic E-state index is 0.0559. The smallest absolute Gasteiger partial charge is 0.262 e. The van der Waals surface area contributed by atoms with Crippen LogP contribution in [0.25, 0.3) is 21.7 Å². The van der Waals surface area contributed by atoms with Crippen LogP contribution in [0.2, 0.25) is 0 Å². The monoisotopic (exact) mass is 413 g/mol. The predicted molar refractivity (Wildman–Crippen MR) is 105 cm³/mol. The Kier molecular flexibility index (Phi) is 4.29. The van der Waals surface area contributed by atoms with E-state index in [0.717, 1.165) is 18.4 Å². The van der Waals surface area contributed by atoms with Crippen molar-refractivity contribution < 1.29 is 9.21 Å². The topological polar surface area (TPSA) is 94.1 Å². The van der Waals surface area contributed by atoms with Gasteiger partial charge >= 0.3 is 0 Å². The summed E-state index contributed by atoms with van der Waals surface area (Å²) in [7, 11) is 0. The molecule has 4 aromatic rings. The Morgan fingerprint density at radius 3 is 3.07 bits per heavy atom. The SMILES string of the molecule is O=C(Cn1cnc2sccc2c1=O)N1CCC[C@@H]1c1nnc(-c2ccsc2)o1. The molecule has 1 aliphatic rings. The molecule has 1 atom stereocenters. The lowest BCUT2D eigenvalue weighted by molar-refractivity contribution is -0.133. The van der Waals surface area contributed by atoms with E-state index in [1.807, 2.05) is 22.2 Å². The highest BCUT2D eigenvalue weighted by Gasteiger charge is 2.34. The molecule has 4 aromatic heterocycles. The summed E-state index contributed by atoms with van der Waals surface area (Å²) in [4.78, 5) is 32.1. The second-order valence-corrected chi connectivity index (χ2v) is 8.19. The predicted octanol–water partition coefficient (Wildman–Crippen LogP) is 2.93. The first kappa shape index (κ1) is 17.3. The van der Waals surface area contributed by atoms with Crippen LogP contribution in [-0.2, 0) is 11.3 Å². The van der Waals surface area contributed by atoms with Gasteiger partial charge in [-0.2, -0.15) is 11.3 Å². The Bertz CT molecular complexity index is 1190. The van der Waals surface area contributed by atoms with Crippen molar-refractivity contribution in [2.24, 2.45) is 0 Å². The van der Waals surface area contributed by atoms with Gasteiger partial charge in [-0.3, -0.25) is 14.2 Å². The summed E-state index contributed by atoms with van der Waals surface area (Å²) in [5.41, 5.74) is 0.675. The van der Waals surface area contributed by atoms with E-state index < -0.39 is 0 Å². The van der Waals surface area contributed by atoms with Crippen molar-refractivity contribution >= 4 is 38.8 Å². The fourth-order valence-electron chi connectivity index (χ4n) is 3.44. The maximum Gasteiger partial charge on any atom is 0.262 e. The number of likely N-dealkylation sites (tertiary alicyclic amines) is 1. The van der Waals surface area contributed by atoms with Gasteiger partial charge in [0.2, 0.25) is 17.7 Å².